The topological polar surface area (TPSA) is 75.1 Å². The van der Waals surface area contributed by atoms with E-state index in [2.05, 4.69) is 15.3 Å². The molecule has 0 aliphatic carbocycles. The maximum absolute atomic E-state index is 10.9. The second kappa shape index (κ2) is 6.15. The van der Waals surface area contributed by atoms with E-state index >= 15 is 0 Å². The molecular formula is C13H12ClN3O2. The van der Waals surface area contributed by atoms with Gasteiger partial charge in [0.2, 0.25) is 0 Å². The fraction of sp³-hybridized carbons (Fsp3) is 0.154. The van der Waals surface area contributed by atoms with Crippen molar-refractivity contribution in [2.24, 2.45) is 0 Å². The fourth-order valence-electron chi connectivity index (χ4n) is 1.60. The Bertz CT molecular complexity index is 575. The third kappa shape index (κ3) is 3.93. The van der Waals surface area contributed by atoms with Gasteiger partial charge < -0.3 is 10.4 Å². The van der Waals surface area contributed by atoms with Crippen molar-refractivity contribution in [2.75, 3.05) is 11.9 Å². The summed E-state index contributed by atoms with van der Waals surface area (Å²) in [7, 11) is 0. The molecule has 0 radical (unpaired) electrons. The number of hydrogen-bond donors (Lipinski definition) is 2. The SMILES string of the molecule is O=C(O)c1cc(Cl)nc(NCCc2ccncc2)c1. The number of pyridine rings is 2. The van der Waals surface area contributed by atoms with Crippen LogP contribution in [-0.2, 0) is 6.42 Å². The lowest BCUT2D eigenvalue weighted by Crippen LogP contribution is -2.08. The van der Waals surface area contributed by atoms with E-state index in [1.165, 1.54) is 12.1 Å². The summed E-state index contributed by atoms with van der Waals surface area (Å²) in [5.41, 5.74) is 1.26. The van der Waals surface area contributed by atoms with Crippen molar-refractivity contribution in [3.63, 3.8) is 0 Å². The Kier molecular flexibility index (Phi) is 4.30. The lowest BCUT2D eigenvalue weighted by atomic mass is 10.2. The molecule has 2 heterocycles. The standard InChI is InChI=1S/C13H12ClN3O2/c14-11-7-10(13(18)19)8-12(17-11)16-6-3-9-1-4-15-5-2-9/h1-2,4-5,7-8H,3,6H2,(H,16,17)(H,18,19). The van der Waals surface area contributed by atoms with Crippen molar-refractivity contribution in [1.82, 2.24) is 9.97 Å². The summed E-state index contributed by atoms with van der Waals surface area (Å²) in [6.45, 7) is 0.635. The van der Waals surface area contributed by atoms with Gasteiger partial charge in [-0.15, -0.1) is 0 Å². The Morgan fingerprint density at radius 3 is 2.74 bits per heavy atom. The number of aromatic carboxylic acids is 1. The third-order valence-corrected chi connectivity index (χ3v) is 2.70. The Balaban J connectivity index is 1.98. The van der Waals surface area contributed by atoms with Crippen molar-refractivity contribution in [1.29, 1.82) is 0 Å². The van der Waals surface area contributed by atoms with Crippen molar-refractivity contribution in [2.45, 2.75) is 6.42 Å². The van der Waals surface area contributed by atoms with Gasteiger partial charge in [-0.2, -0.15) is 0 Å². The van der Waals surface area contributed by atoms with Crippen LogP contribution >= 0.6 is 11.6 Å². The molecule has 0 saturated heterocycles. The van der Waals surface area contributed by atoms with Crippen LogP contribution in [0.4, 0.5) is 5.82 Å². The second-order valence-corrected chi connectivity index (χ2v) is 4.29. The van der Waals surface area contributed by atoms with E-state index in [0.717, 1.165) is 12.0 Å². The van der Waals surface area contributed by atoms with Crippen LogP contribution in [0.1, 0.15) is 15.9 Å². The second-order valence-electron chi connectivity index (χ2n) is 3.90. The smallest absolute Gasteiger partial charge is 0.335 e. The van der Waals surface area contributed by atoms with E-state index in [4.69, 9.17) is 16.7 Å². The Hall–Kier alpha value is -2.14. The summed E-state index contributed by atoms with van der Waals surface area (Å²) in [6.07, 6.45) is 4.25. The van der Waals surface area contributed by atoms with Crippen LogP contribution in [0.5, 0.6) is 0 Å². The first-order valence-electron chi connectivity index (χ1n) is 5.69. The molecule has 19 heavy (non-hydrogen) atoms. The number of halogens is 1. The molecule has 0 amide bonds. The van der Waals surface area contributed by atoms with E-state index in [1.807, 2.05) is 12.1 Å². The summed E-state index contributed by atoms with van der Waals surface area (Å²) < 4.78 is 0. The van der Waals surface area contributed by atoms with Crippen LogP contribution in [0, 0.1) is 0 Å². The van der Waals surface area contributed by atoms with E-state index in [0.29, 0.717) is 12.4 Å². The monoisotopic (exact) mass is 277 g/mol. The fourth-order valence-corrected chi connectivity index (χ4v) is 1.80. The van der Waals surface area contributed by atoms with Gasteiger partial charge in [0.05, 0.1) is 5.56 Å². The summed E-state index contributed by atoms with van der Waals surface area (Å²) >= 11 is 5.77. The zero-order valence-corrected chi connectivity index (χ0v) is 10.8. The number of carboxylic acid groups (broad SMARTS) is 1. The molecule has 2 aromatic rings. The van der Waals surface area contributed by atoms with Gasteiger partial charge in [-0.3, -0.25) is 4.98 Å². The molecule has 2 N–H and O–H groups in total. The number of rotatable bonds is 5. The Morgan fingerprint density at radius 1 is 1.32 bits per heavy atom. The highest BCUT2D eigenvalue weighted by molar-refractivity contribution is 6.29. The number of carboxylic acids is 1. The number of nitrogens with zero attached hydrogens (tertiary/aromatic N) is 2. The molecule has 98 valence electrons. The van der Waals surface area contributed by atoms with Gasteiger partial charge in [0, 0.05) is 18.9 Å². The molecule has 0 spiro atoms. The van der Waals surface area contributed by atoms with E-state index in [-0.39, 0.29) is 10.7 Å². The zero-order valence-electron chi connectivity index (χ0n) is 10.0. The van der Waals surface area contributed by atoms with Gasteiger partial charge in [0.15, 0.2) is 0 Å². The number of anilines is 1. The molecule has 0 fully saturated rings. The van der Waals surface area contributed by atoms with Crippen LogP contribution in [-0.4, -0.2) is 27.6 Å². The average molecular weight is 278 g/mol. The first-order chi connectivity index (χ1) is 9.15. The van der Waals surface area contributed by atoms with E-state index in [1.54, 1.807) is 12.4 Å². The van der Waals surface area contributed by atoms with Gasteiger partial charge in [-0.1, -0.05) is 11.6 Å². The lowest BCUT2D eigenvalue weighted by molar-refractivity contribution is 0.0697. The van der Waals surface area contributed by atoms with Gasteiger partial charge in [-0.25, -0.2) is 9.78 Å². The highest BCUT2D eigenvalue weighted by Crippen LogP contribution is 2.14. The molecule has 2 aromatic heterocycles. The maximum atomic E-state index is 10.9. The largest absolute Gasteiger partial charge is 0.478 e. The van der Waals surface area contributed by atoms with Gasteiger partial charge >= 0.3 is 5.97 Å². The predicted octanol–water partition coefficient (Wildman–Crippen LogP) is 2.48. The van der Waals surface area contributed by atoms with Crippen LogP contribution in [0.2, 0.25) is 5.15 Å². The molecule has 5 nitrogen and oxygen atoms in total. The molecule has 0 aliphatic heterocycles. The minimum Gasteiger partial charge on any atom is -0.478 e. The first-order valence-corrected chi connectivity index (χ1v) is 6.06. The van der Waals surface area contributed by atoms with Crippen molar-refractivity contribution in [3.8, 4) is 0 Å². The summed E-state index contributed by atoms with van der Waals surface area (Å²) in [4.78, 5) is 18.8. The molecule has 0 aromatic carbocycles. The van der Waals surface area contributed by atoms with Crippen molar-refractivity contribution >= 4 is 23.4 Å². The molecule has 6 heteroatoms. The molecule has 0 aliphatic rings. The maximum Gasteiger partial charge on any atom is 0.335 e. The minimum absolute atomic E-state index is 0.117. The normalized spacial score (nSPS) is 10.2. The number of hydrogen-bond acceptors (Lipinski definition) is 4. The van der Waals surface area contributed by atoms with Gasteiger partial charge in [-0.05, 0) is 36.2 Å². The summed E-state index contributed by atoms with van der Waals surface area (Å²) in [5.74, 6) is -0.569. The van der Waals surface area contributed by atoms with E-state index < -0.39 is 5.97 Å². The van der Waals surface area contributed by atoms with Crippen LogP contribution in [0.3, 0.4) is 0 Å². The van der Waals surface area contributed by atoms with Crippen LogP contribution in [0.15, 0.2) is 36.7 Å². The minimum atomic E-state index is -1.03. The van der Waals surface area contributed by atoms with E-state index in [9.17, 15) is 4.79 Å². The number of nitrogens with one attached hydrogen (secondary N) is 1. The van der Waals surface area contributed by atoms with Crippen LogP contribution < -0.4 is 5.32 Å². The first kappa shape index (κ1) is 13.3. The summed E-state index contributed by atoms with van der Waals surface area (Å²) in [6, 6.07) is 6.63. The highest BCUT2D eigenvalue weighted by atomic mass is 35.5. The molecule has 0 unspecified atom stereocenters. The highest BCUT2D eigenvalue weighted by Gasteiger charge is 2.07. The molecule has 0 atom stereocenters. The predicted molar refractivity (Wildman–Crippen MR) is 72.6 cm³/mol. The van der Waals surface area contributed by atoms with Gasteiger partial charge in [0.1, 0.15) is 11.0 Å². The molecular weight excluding hydrogens is 266 g/mol. The number of carbonyl (C=O) groups is 1. The Labute approximate surface area is 115 Å². The number of aromatic nitrogens is 2. The third-order valence-electron chi connectivity index (χ3n) is 2.51. The molecule has 0 bridgehead atoms. The average Bonchev–Trinajstić information content (AvgIpc) is 2.39. The van der Waals surface area contributed by atoms with Crippen molar-refractivity contribution < 1.29 is 9.90 Å². The van der Waals surface area contributed by atoms with Crippen LogP contribution in [0.25, 0.3) is 0 Å². The molecule has 0 saturated carbocycles. The molecule has 2 rings (SSSR count). The van der Waals surface area contributed by atoms with Crippen molar-refractivity contribution in [3.05, 3.63) is 52.9 Å². The quantitative estimate of drug-likeness (QED) is 0.821. The van der Waals surface area contributed by atoms with Gasteiger partial charge in [0.25, 0.3) is 0 Å². The summed E-state index contributed by atoms with van der Waals surface area (Å²) in [5, 5.41) is 12.1. The zero-order chi connectivity index (χ0) is 13.7. The lowest BCUT2D eigenvalue weighted by Gasteiger charge is -2.07. The Morgan fingerprint density at radius 2 is 2.05 bits per heavy atom.